The van der Waals surface area contributed by atoms with Crippen LogP contribution in [-0.2, 0) is 14.4 Å². The second-order valence-electron chi connectivity index (χ2n) is 4.11. The molecule has 96 valence electrons. The van der Waals surface area contributed by atoms with E-state index in [9.17, 15) is 14.4 Å². The van der Waals surface area contributed by atoms with Crippen molar-refractivity contribution in [1.29, 1.82) is 0 Å². The molecule has 2 N–H and O–H groups in total. The molecule has 1 atom stereocenters. The van der Waals surface area contributed by atoms with E-state index in [0.717, 1.165) is 6.42 Å². The van der Waals surface area contributed by atoms with Crippen LogP contribution in [0.1, 0.15) is 32.1 Å². The fourth-order valence-corrected chi connectivity index (χ4v) is 2.04. The van der Waals surface area contributed by atoms with E-state index in [-0.39, 0.29) is 30.7 Å². The molecule has 0 saturated carbocycles. The van der Waals surface area contributed by atoms with Crippen LogP contribution in [0.4, 0.5) is 0 Å². The number of likely N-dealkylation sites (N-methyl/N-ethyl adjacent to an activating group) is 1. The largest absolute Gasteiger partial charge is 0.481 e. The number of likely N-dealkylation sites (tertiary alicyclic amines) is 1. The van der Waals surface area contributed by atoms with Crippen molar-refractivity contribution in [3.05, 3.63) is 0 Å². The van der Waals surface area contributed by atoms with Crippen molar-refractivity contribution in [3.8, 4) is 0 Å². The van der Waals surface area contributed by atoms with Crippen LogP contribution in [0.2, 0.25) is 0 Å². The van der Waals surface area contributed by atoms with Crippen LogP contribution >= 0.6 is 0 Å². The van der Waals surface area contributed by atoms with Gasteiger partial charge < -0.3 is 15.3 Å². The molecule has 0 aromatic heterocycles. The number of nitrogens with zero attached hydrogens (tertiary/aromatic N) is 1. The average Bonchev–Trinajstić information content (AvgIpc) is 2.76. The Morgan fingerprint density at radius 3 is 2.65 bits per heavy atom. The molecule has 1 unspecified atom stereocenters. The highest BCUT2D eigenvalue weighted by atomic mass is 16.4. The fraction of sp³-hybridized carbons (Fsp3) is 0.727. The lowest BCUT2D eigenvalue weighted by atomic mass is 10.2. The van der Waals surface area contributed by atoms with Gasteiger partial charge >= 0.3 is 5.97 Å². The zero-order valence-corrected chi connectivity index (χ0v) is 9.94. The Balaban J connectivity index is 2.44. The summed E-state index contributed by atoms with van der Waals surface area (Å²) in [5.74, 6) is -1.17. The average molecular weight is 242 g/mol. The lowest BCUT2D eigenvalue weighted by Crippen LogP contribution is -2.44. The quantitative estimate of drug-likeness (QED) is 0.709. The third-order valence-corrected chi connectivity index (χ3v) is 2.90. The van der Waals surface area contributed by atoms with Gasteiger partial charge in [0.2, 0.25) is 11.8 Å². The van der Waals surface area contributed by atoms with Gasteiger partial charge in [-0.15, -0.1) is 0 Å². The molecule has 0 radical (unpaired) electrons. The molecule has 1 heterocycles. The van der Waals surface area contributed by atoms with Gasteiger partial charge in [-0.2, -0.15) is 0 Å². The zero-order chi connectivity index (χ0) is 12.8. The molecule has 1 saturated heterocycles. The van der Waals surface area contributed by atoms with Crippen molar-refractivity contribution in [1.82, 2.24) is 10.2 Å². The normalized spacial score (nSPS) is 19.1. The second-order valence-corrected chi connectivity index (χ2v) is 4.11. The monoisotopic (exact) mass is 242 g/mol. The summed E-state index contributed by atoms with van der Waals surface area (Å²) in [5.41, 5.74) is 0. The van der Waals surface area contributed by atoms with Gasteiger partial charge in [0.25, 0.3) is 0 Å². The standard InChI is InChI=1S/C11H18N2O4/c1-12-11(17)8-4-3-7-13(8)9(14)5-2-6-10(15)16/h8H,2-7H2,1H3,(H,12,17)(H,15,16). The van der Waals surface area contributed by atoms with Gasteiger partial charge in [0, 0.05) is 26.4 Å². The van der Waals surface area contributed by atoms with Gasteiger partial charge in [0.15, 0.2) is 0 Å². The Bertz CT molecular complexity index is 317. The third kappa shape index (κ3) is 3.72. The van der Waals surface area contributed by atoms with Crippen molar-refractivity contribution in [2.24, 2.45) is 0 Å². The highest BCUT2D eigenvalue weighted by molar-refractivity contribution is 5.88. The van der Waals surface area contributed by atoms with E-state index in [1.165, 1.54) is 0 Å². The van der Waals surface area contributed by atoms with Crippen LogP contribution in [0, 0.1) is 0 Å². The number of aliphatic carboxylic acids is 1. The number of carboxylic acid groups (broad SMARTS) is 1. The highest BCUT2D eigenvalue weighted by Crippen LogP contribution is 2.19. The van der Waals surface area contributed by atoms with Crippen molar-refractivity contribution in [2.75, 3.05) is 13.6 Å². The van der Waals surface area contributed by atoms with E-state index >= 15 is 0 Å². The lowest BCUT2D eigenvalue weighted by molar-refractivity contribution is -0.139. The Morgan fingerprint density at radius 1 is 1.35 bits per heavy atom. The van der Waals surface area contributed by atoms with Crippen molar-refractivity contribution in [2.45, 2.75) is 38.1 Å². The van der Waals surface area contributed by atoms with E-state index in [0.29, 0.717) is 19.4 Å². The van der Waals surface area contributed by atoms with Crippen LogP contribution < -0.4 is 5.32 Å². The molecule has 0 aromatic rings. The van der Waals surface area contributed by atoms with Crippen molar-refractivity contribution >= 4 is 17.8 Å². The summed E-state index contributed by atoms with van der Waals surface area (Å²) in [6.45, 7) is 0.587. The molecule has 2 amide bonds. The van der Waals surface area contributed by atoms with E-state index in [2.05, 4.69) is 5.32 Å². The molecule has 1 aliphatic rings. The summed E-state index contributed by atoms with van der Waals surface area (Å²) in [4.78, 5) is 35.2. The first-order chi connectivity index (χ1) is 8.06. The first-order valence-electron chi connectivity index (χ1n) is 5.79. The molecule has 0 aromatic carbocycles. The van der Waals surface area contributed by atoms with E-state index in [4.69, 9.17) is 5.11 Å². The number of rotatable bonds is 5. The van der Waals surface area contributed by atoms with Crippen molar-refractivity contribution < 1.29 is 19.5 Å². The van der Waals surface area contributed by atoms with Crippen LogP contribution in [0.15, 0.2) is 0 Å². The SMILES string of the molecule is CNC(=O)C1CCCN1C(=O)CCCC(=O)O. The molecule has 17 heavy (non-hydrogen) atoms. The number of nitrogens with one attached hydrogen (secondary N) is 1. The lowest BCUT2D eigenvalue weighted by Gasteiger charge is -2.23. The maximum absolute atomic E-state index is 11.8. The molecular formula is C11H18N2O4. The predicted molar refractivity (Wildman–Crippen MR) is 60.3 cm³/mol. The molecule has 1 aliphatic heterocycles. The minimum absolute atomic E-state index is 0.00970. The molecule has 6 heteroatoms. The first-order valence-corrected chi connectivity index (χ1v) is 5.79. The van der Waals surface area contributed by atoms with Gasteiger partial charge in [0.05, 0.1) is 0 Å². The zero-order valence-electron chi connectivity index (χ0n) is 9.94. The van der Waals surface area contributed by atoms with Gasteiger partial charge in [-0.25, -0.2) is 0 Å². The maximum atomic E-state index is 11.8. The molecule has 0 bridgehead atoms. The minimum atomic E-state index is -0.901. The van der Waals surface area contributed by atoms with E-state index < -0.39 is 5.97 Å². The predicted octanol–water partition coefficient (Wildman–Crippen LogP) is -0.0217. The molecule has 0 spiro atoms. The summed E-state index contributed by atoms with van der Waals surface area (Å²) in [5, 5.41) is 11.0. The second kappa shape index (κ2) is 6.22. The van der Waals surface area contributed by atoms with Gasteiger partial charge in [0.1, 0.15) is 6.04 Å². The molecule has 1 rings (SSSR count). The molecular weight excluding hydrogens is 224 g/mol. The number of amides is 2. The Morgan fingerprint density at radius 2 is 2.06 bits per heavy atom. The Hall–Kier alpha value is -1.59. The first kappa shape index (κ1) is 13.5. The third-order valence-electron chi connectivity index (χ3n) is 2.90. The topological polar surface area (TPSA) is 86.7 Å². The van der Waals surface area contributed by atoms with Gasteiger partial charge in [-0.3, -0.25) is 14.4 Å². The summed E-state index contributed by atoms with van der Waals surface area (Å²) in [6.07, 6.45) is 2.02. The van der Waals surface area contributed by atoms with Crippen LogP contribution in [0.5, 0.6) is 0 Å². The van der Waals surface area contributed by atoms with Crippen LogP contribution in [-0.4, -0.2) is 47.4 Å². The summed E-state index contributed by atoms with van der Waals surface area (Å²) >= 11 is 0. The Labute approximate surface area is 100.0 Å². The smallest absolute Gasteiger partial charge is 0.303 e. The molecule has 6 nitrogen and oxygen atoms in total. The number of carbonyl (C=O) groups is 3. The summed E-state index contributed by atoms with van der Waals surface area (Å²) in [6, 6.07) is -0.377. The number of carbonyl (C=O) groups excluding carboxylic acids is 2. The number of hydrogen-bond acceptors (Lipinski definition) is 3. The van der Waals surface area contributed by atoms with Crippen LogP contribution in [0.3, 0.4) is 0 Å². The van der Waals surface area contributed by atoms with Crippen molar-refractivity contribution in [3.63, 3.8) is 0 Å². The number of hydrogen-bond donors (Lipinski definition) is 2. The van der Waals surface area contributed by atoms with Gasteiger partial charge in [-0.05, 0) is 19.3 Å². The minimum Gasteiger partial charge on any atom is -0.481 e. The molecule has 1 fully saturated rings. The van der Waals surface area contributed by atoms with Gasteiger partial charge in [-0.1, -0.05) is 0 Å². The Kier molecular flexibility index (Phi) is 4.93. The fourth-order valence-electron chi connectivity index (χ4n) is 2.04. The summed E-state index contributed by atoms with van der Waals surface area (Å²) < 4.78 is 0. The van der Waals surface area contributed by atoms with Crippen LogP contribution in [0.25, 0.3) is 0 Å². The van der Waals surface area contributed by atoms with E-state index in [1.807, 2.05) is 0 Å². The highest BCUT2D eigenvalue weighted by Gasteiger charge is 2.32. The number of carboxylic acids is 1. The maximum Gasteiger partial charge on any atom is 0.303 e. The van der Waals surface area contributed by atoms with E-state index in [1.54, 1.807) is 11.9 Å². The molecule has 0 aliphatic carbocycles. The summed E-state index contributed by atoms with van der Waals surface area (Å²) in [7, 11) is 1.55.